The van der Waals surface area contributed by atoms with Crippen molar-refractivity contribution in [3.8, 4) is 11.5 Å². The van der Waals surface area contributed by atoms with Gasteiger partial charge in [-0.15, -0.1) is 23.5 Å². The van der Waals surface area contributed by atoms with Crippen LogP contribution >= 0.6 is 23.5 Å². The van der Waals surface area contributed by atoms with E-state index in [9.17, 15) is 4.79 Å². The number of para-hydroxylation sites is 2. The lowest BCUT2D eigenvalue weighted by Gasteiger charge is -2.19. The Kier molecular flexibility index (Phi) is 6.74. The molecule has 2 aromatic carbocycles. The number of benzene rings is 2. The van der Waals surface area contributed by atoms with E-state index in [1.807, 2.05) is 49.4 Å². The van der Waals surface area contributed by atoms with E-state index in [0.29, 0.717) is 12.4 Å². The second-order valence-electron chi connectivity index (χ2n) is 6.14. The summed E-state index contributed by atoms with van der Waals surface area (Å²) < 4.78 is 11.2. The molecule has 4 nitrogen and oxygen atoms in total. The Balaban J connectivity index is 1.50. The summed E-state index contributed by atoms with van der Waals surface area (Å²) in [5.74, 6) is 3.22. The van der Waals surface area contributed by atoms with Crippen molar-refractivity contribution in [2.45, 2.75) is 22.8 Å². The van der Waals surface area contributed by atoms with Crippen LogP contribution in [0.4, 0.5) is 0 Å². The third-order valence-corrected chi connectivity index (χ3v) is 6.61. The molecule has 0 spiro atoms. The van der Waals surface area contributed by atoms with E-state index in [1.54, 1.807) is 30.6 Å². The van der Waals surface area contributed by atoms with Gasteiger partial charge in [0.25, 0.3) is 0 Å². The van der Waals surface area contributed by atoms with E-state index in [-0.39, 0.29) is 17.9 Å². The molecule has 0 bridgehead atoms. The molecule has 0 fully saturated rings. The molecule has 1 heterocycles. The van der Waals surface area contributed by atoms with Crippen LogP contribution in [0.5, 0.6) is 11.5 Å². The first-order valence-electron chi connectivity index (χ1n) is 8.58. The molecule has 0 saturated carbocycles. The number of carbonyl (C=O) groups excluding carboxylic acids is 1. The number of rotatable bonds is 6. The number of methoxy groups -OCH3 is 1. The molecular weight excluding hydrogens is 366 g/mol. The fraction of sp³-hybridized carbons (Fsp3) is 0.350. The minimum absolute atomic E-state index is 0.0126. The van der Waals surface area contributed by atoms with Crippen LogP contribution in [-0.4, -0.2) is 37.2 Å². The molecule has 1 amide bonds. The Morgan fingerprint density at radius 1 is 1.31 bits per heavy atom. The van der Waals surface area contributed by atoms with Gasteiger partial charge in [0.2, 0.25) is 5.91 Å². The van der Waals surface area contributed by atoms with Crippen molar-refractivity contribution in [3.05, 3.63) is 48.5 Å². The standard InChI is InChI=1S/C20H23NO3S2/c1-14(12-25-18-9-5-3-7-16(18)23-2)20(22)21-15-11-24-17-8-4-6-10-19(17)26-13-15/h3-10,14-15H,11-13H2,1-2H3,(H,21,22)/t14-,15-/m1/s1. The van der Waals surface area contributed by atoms with Crippen LogP contribution in [0.1, 0.15) is 6.92 Å². The highest BCUT2D eigenvalue weighted by Crippen LogP contribution is 2.32. The number of nitrogens with one attached hydrogen (secondary N) is 1. The van der Waals surface area contributed by atoms with Crippen LogP contribution in [0.2, 0.25) is 0 Å². The lowest BCUT2D eigenvalue weighted by Crippen LogP contribution is -2.43. The van der Waals surface area contributed by atoms with E-state index in [2.05, 4.69) is 11.4 Å². The Labute approximate surface area is 163 Å². The molecule has 2 aromatic rings. The van der Waals surface area contributed by atoms with Crippen molar-refractivity contribution in [3.63, 3.8) is 0 Å². The van der Waals surface area contributed by atoms with Crippen LogP contribution in [0, 0.1) is 5.92 Å². The molecule has 1 N–H and O–H groups in total. The maximum atomic E-state index is 12.6. The van der Waals surface area contributed by atoms with Crippen molar-refractivity contribution >= 4 is 29.4 Å². The summed E-state index contributed by atoms with van der Waals surface area (Å²) >= 11 is 3.37. The van der Waals surface area contributed by atoms with Crippen molar-refractivity contribution in [1.29, 1.82) is 0 Å². The van der Waals surface area contributed by atoms with E-state index in [1.165, 1.54) is 0 Å². The minimum atomic E-state index is -0.0967. The second-order valence-corrected chi connectivity index (χ2v) is 8.26. The minimum Gasteiger partial charge on any atom is -0.496 e. The van der Waals surface area contributed by atoms with Gasteiger partial charge in [-0.2, -0.15) is 0 Å². The topological polar surface area (TPSA) is 47.6 Å². The highest BCUT2D eigenvalue weighted by atomic mass is 32.2. The summed E-state index contributed by atoms with van der Waals surface area (Å²) in [7, 11) is 1.66. The van der Waals surface area contributed by atoms with Crippen molar-refractivity contribution in [1.82, 2.24) is 5.32 Å². The Hall–Kier alpha value is -1.79. The Morgan fingerprint density at radius 2 is 2.08 bits per heavy atom. The highest BCUT2D eigenvalue weighted by molar-refractivity contribution is 7.99. The van der Waals surface area contributed by atoms with Crippen LogP contribution in [0.3, 0.4) is 0 Å². The molecule has 0 saturated heterocycles. The van der Waals surface area contributed by atoms with Crippen LogP contribution < -0.4 is 14.8 Å². The predicted octanol–water partition coefficient (Wildman–Crippen LogP) is 4.09. The predicted molar refractivity (Wildman–Crippen MR) is 107 cm³/mol. The van der Waals surface area contributed by atoms with E-state index in [0.717, 1.165) is 27.0 Å². The van der Waals surface area contributed by atoms with Crippen molar-refractivity contribution in [2.24, 2.45) is 5.92 Å². The number of thioether (sulfide) groups is 2. The average Bonchev–Trinajstić information content (AvgIpc) is 2.89. The summed E-state index contributed by atoms with van der Waals surface area (Å²) in [4.78, 5) is 14.7. The summed E-state index contributed by atoms with van der Waals surface area (Å²) in [6.07, 6.45) is 0. The molecule has 2 atom stereocenters. The van der Waals surface area contributed by atoms with Gasteiger partial charge in [-0.1, -0.05) is 31.2 Å². The lowest BCUT2D eigenvalue weighted by atomic mass is 10.2. The number of fused-ring (bicyclic) bond motifs is 1. The van der Waals surface area contributed by atoms with E-state index < -0.39 is 0 Å². The number of amides is 1. The fourth-order valence-corrected chi connectivity index (χ4v) is 4.63. The zero-order valence-electron chi connectivity index (χ0n) is 14.9. The molecule has 26 heavy (non-hydrogen) atoms. The van der Waals surface area contributed by atoms with Crippen molar-refractivity contribution in [2.75, 3.05) is 25.2 Å². The summed E-state index contributed by atoms with van der Waals surface area (Å²) in [5, 5.41) is 3.13. The first-order chi connectivity index (χ1) is 12.7. The van der Waals surface area contributed by atoms with Gasteiger partial charge in [-0.05, 0) is 24.3 Å². The fourth-order valence-electron chi connectivity index (χ4n) is 2.57. The first kappa shape index (κ1) is 19.0. The summed E-state index contributed by atoms with van der Waals surface area (Å²) in [6, 6.07) is 15.9. The van der Waals surface area contributed by atoms with Crippen molar-refractivity contribution < 1.29 is 14.3 Å². The number of ether oxygens (including phenoxy) is 2. The van der Waals surface area contributed by atoms with E-state index in [4.69, 9.17) is 9.47 Å². The quantitative estimate of drug-likeness (QED) is 0.754. The molecule has 0 unspecified atom stereocenters. The molecule has 0 aliphatic carbocycles. The van der Waals surface area contributed by atoms with Gasteiger partial charge in [-0.25, -0.2) is 0 Å². The third kappa shape index (κ3) is 4.89. The first-order valence-corrected chi connectivity index (χ1v) is 10.6. The molecule has 138 valence electrons. The maximum Gasteiger partial charge on any atom is 0.224 e. The Bertz CT molecular complexity index is 726. The zero-order chi connectivity index (χ0) is 18.4. The molecule has 6 heteroatoms. The molecule has 0 radical (unpaired) electrons. The molecule has 1 aliphatic heterocycles. The lowest BCUT2D eigenvalue weighted by molar-refractivity contribution is -0.124. The number of hydrogen-bond acceptors (Lipinski definition) is 5. The third-order valence-electron chi connectivity index (χ3n) is 4.08. The monoisotopic (exact) mass is 389 g/mol. The number of hydrogen-bond donors (Lipinski definition) is 1. The molecular formula is C20H23NO3S2. The normalized spacial score (nSPS) is 17.4. The molecule has 1 aliphatic rings. The second kappa shape index (κ2) is 9.24. The SMILES string of the molecule is COc1ccccc1SC[C@@H](C)C(=O)N[C@@H]1COc2ccccc2SC1. The summed E-state index contributed by atoms with van der Waals surface area (Å²) in [6.45, 7) is 2.46. The van der Waals surface area contributed by atoms with Crippen LogP contribution in [0.15, 0.2) is 58.3 Å². The zero-order valence-corrected chi connectivity index (χ0v) is 16.6. The highest BCUT2D eigenvalue weighted by Gasteiger charge is 2.22. The summed E-state index contributed by atoms with van der Waals surface area (Å²) in [5.41, 5.74) is 0. The van der Waals surface area contributed by atoms with E-state index >= 15 is 0 Å². The van der Waals surface area contributed by atoms with Crippen LogP contribution in [-0.2, 0) is 4.79 Å². The Morgan fingerprint density at radius 3 is 2.92 bits per heavy atom. The van der Waals surface area contributed by atoms with Gasteiger partial charge in [0.15, 0.2) is 0 Å². The van der Waals surface area contributed by atoms with Gasteiger partial charge in [-0.3, -0.25) is 4.79 Å². The van der Waals surface area contributed by atoms with Crippen LogP contribution in [0.25, 0.3) is 0 Å². The smallest absolute Gasteiger partial charge is 0.224 e. The van der Waals surface area contributed by atoms with Gasteiger partial charge in [0.05, 0.1) is 13.2 Å². The molecule has 0 aromatic heterocycles. The van der Waals surface area contributed by atoms with Gasteiger partial charge >= 0.3 is 0 Å². The average molecular weight is 390 g/mol. The van der Waals surface area contributed by atoms with Gasteiger partial charge < -0.3 is 14.8 Å². The molecule has 3 rings (SSSR count). The van der Waals surface area contributed by atoms with Gasteiger partial charge in [0.1, 0.15) is 18.1 Å². The largest absolute Gasteiger partial charge is 0.496 e. The van der Waals surface area contributed by atoms with Gasteiger partial charge in [0, 0.05) is 27.2 Å². The maximum absolute atomic E-state index is 12.6. The number of carbonyl (C=O) groups is 1.